The zero-order valence-electron chi connectivity index (χ0n) is 11.6. The molecular formula is C14H22BrN3O. The summed E-state index contributed by atoms with van der Waals surface area (Å²) >= 11 is 3.48. The highest BCUT2D eigenvalue weighted by Gasteiger charge is 2.22. The maximum absolute atomic E-state index is 9.36. The van der Waals surface area contributed by atoms with Gasteiger partial charge >= 0.3 is 0 Å². The molecule has 0 radical (unpaired) electrons. The summed E-state index contributed by atoms with van der Waals surface area (Å²) < 4.78 is 1.06. The predicted molar refractivity (Wildman–Crippen MR) is 81.6 cm³/mol. The number of aryl methyl sites for hydroxylation is 1. The number of pyridine rings is 1. The number of hydrogen-bond acceptors (Lipinski definition) is 4. The van der Waals surface area contributed by atoms with E-state index in [-0.39, 0.29) is 6.61 Å². The molecule has 1 aromatic rings. The van der Waals surface area contributed by atoms with Crippen LogP contribution in [-0.2, 0) is 0 Å². The molecule has 19 heavy (non-hydrogen) atoms. The molecule has 0 bridgehead atoms. The summed E-state index contributed by atoms with van der Waals surface area (Å²) in [5.74, 6) is 1.05. The molecule has 5 heteroatoms. The highest BCUT2D eigenvalue weighted by molar-refractivity contribution is 9.10. The molecule has 1 aromatic heterocycles. The van der Waals surface area contributed by atoms with E-state index in [1.165, 1.54) is 5.56 Å². The fraction of sp³-hybridized carbons (Fsp3) is 0.643. The normalized spacial score (nSPS) is 18.6. The van der Waals surface area contributed by atoms with Crippen LogP contribution in [0.15, 0.2) is 16.7 Å². The van der Waals surface area contributed by atoms with Gasteiger partial charge in [0, 0.05) is 42.9 Å². The molecule has 1 aliphatic heterocycles. The Balaban J connectivity index is 1.97. The molecule has 0 spiro atoms. The van der Waals surface area contributed by atoms with Crippen molar-refractivity contribution in [2.75, 3.05) is 37.7 Å². The second-order valence-corrected chi connectivity index (χ2v) is 5.91. The van der Waals surface area contributed by atoms with Crippen molar-refractivity contribution in [1.82, 2.24) is 9.88 Å². The van der Waals surface area contributed by atoms with E-state index in [4.69, 9.17) is 0 Å². The molecule has 106 valence electrons. The quantitative estimate of drug-likeness (QED) is 0.918. The minimum absolute atomic E-state index is 0.256. The average Bonchev–Trinajstić information content (AvgIpc) is 2.44. The Labute approximate surface area is 123 Å². The molecule has 1 N–H and O–H groups in total. The van der Waals surface area contributed by atoms with Crippen molar-refractivity contribution in [2.45, 2.75) is 26.3 Å². The Kier molecular flexibility index (Phi) is 5.19. The Morgan fingerprint density at radius 1 is 1.37 bits per heavy atom. The Morgan fingerprint density at radius 2 is 2.05 bits per heavy atom. The first-order valence-corrected chi connectivity index (χ1v) is 7.67. The molecule has 2 rings (SSSR count). The Morgan fingerprint density at radius 3 is 2.58 bits per heavy atom. The molecule has 0 aromatic carbocycles. The van der Waals surface area contributed by atoms with Gasteiger partial charge in [-0.2, -0.15) is 0 Å². The fourth-order valence-electron chi connectivity index (χ4n) is 2.52. The molecule has 1 atom stereocenters. The number of anilines is 1. The minimum atomic E-state index is 0.256. The van der Waals surface area contributed by atoms with E-state index in [0.717, 1.165) is 42.9 Å². The van der Waals surface area contributed by atoms with E-state index in [9.17, 15) is 5.11 Å². The number of aromatic nitrogens is 1. The third-order valence-corrected chi connectivity index (χ3v) is 4.70. The summed E-state index contributed by atoms with van der Waals surface area (Å²) in [7, 11) is 0. The van der Waals surface area contributed by atoms with Gasteiger partial charge in [-0.05, 0) is 40.9 Å². The molecule has 0 saturated carbocycles. The van der Waals surface area contributed by atoms with Crippen LogP contribution in [0.1, 0.15) is 18.9 Å². The Bertz CT molecular complexity index is 415. The smallest absolute Gasteiger partial charge is 0.128 e. The molecule has 2 heterocycles. The standard InChI is InChI=1S/C14H22BrN3O/c1-3-12(10-19)17-4-6-18(7-5-17)14-8-11(2)13(15)9-16-14/h8-9,12,19H,3-7,10H2,1-2H3. The topological polar surface area (TPSA) is 39.6 Å². The summed E-state index contributed by atoms with van der Waals surface area (Å²) in [4.78, 5) is 9.18. The molecule has 1 fully saturated rings. The lowest BCUT2D eigenvalue weighted by Crippen LogP contribution is -2.51. The summed E-state index contributed by atoms with van der Waals surface area (Å²) in [6.07, 6.45) is 2.88. The third-order valence-electron chi connectivity index (χ3n) is 3.87. The Hall–Kier alpha value is -0.650. The van der Waals surface area contributed by atoms with Crippen LogP contribution in [0.2, 0.25) is 0 Å². The number of aliphatic hydroxyl groups is 1. The van der Waals surface area contributed by atoms with Gasteiger partial charge in [0.15, 0.2) is 0 Å². The van der Waals surface area contributed by atoms with Gasteiger partial charge in [-0.15, -0.1) is 0 Å². The van der Waals surface area contributed by atoms with Crippen LogP contribution < -0.4 is 4.90 Å². The lowest BCUT2D eigenvalue weighted by atomic mass is 10.1. The number of hydrogen-bond donors (Lipinski definition) is 1. The number of aliphatic hydroxyl groups excluding tert-OH is 1. The maximum atomic E-state index is 9.36. The number of halogens is 1. The minimum Gasteiger partial charge on any atom is -0.395 e. The lowest BCUT2D eigenvalue weighted by Gasteiger charge is -2.39. The zero-order valence-corrected chi connectivity index (χ0v) is 13.2. The average molecular weight is 328 g/mol. The molecule has 4 nitrogen and oxygen atoms in total. The first kappa shape index (κ1) is 14.8. The second-order valence-electron chi connectivity index (χ2n) is 5.06. The maximum Gasteiger partial charge on any atom is 0.128 e. The number of piperazine rings is 1. The third kappa shape index (κ3) is 3.46. The molecule has 0 aliphatic carbocycles. The monoisotopic (exact) mass is 327 g/mol. The fourth-order valence-corrected chi connectivity index (χ4v) is 2.73. The summed E-state index contributed by atoms with van der Waals surface area (Å²) in [6.45, 7) is 8.42. The van der Waals surface area contributed by atoms with Crippen molar-refractivity contribution >= 4 is 21.7 Å². The SMILES string of the molecule is CCC(CO)N1CCN(c2cc(C)c(Br)cn2)CC1. The first-order chi connectivity index (χ1) is 9.15. The van der Waals surface area contributed by atoms with Crippen molar-refractivity contribution in [2.24, 2.45) is 0 Å². The van der Waals surface area contributed by atoms with Gasteiger partial charge in [-0.3, -0.25) is 4.90 Å². The van der Waals surface area contributed by atoms with Gasteiger partial charge < -0.3 is 10.0 Å². The number of nitrogens with zero attached hydrogens (tertiary/aromatic N) is 3. The van der Waals surface area contributed by atoms with Crippen molar-refractivity contribution < 1.29 is 5.11 Å². The van der Waals surface area contributed by atoms with Gasteiger partial charge in [0.1, 0.15) is 5.82 Å². The molecule has 1 aliphatic rings. The first-order valence-electron chi connectivity index (χ1n) is 6.87. The summed E-state index contributed by atoms with van der Waals surface area (Å²) in [5, 5.41) is 9.36. The highest BCUT2D eigenvalue weighted by atomic mass is 79.9. The zero-order chi connectivity index (χ0) is 13.8. The van der Waals surface area contributed by atoms with E-state index in [2.05, 4.69) is 50.6 Å². The number of rotatable bonds is 4. The van der Waals surface area contributed by atoms with Gasteiger partial charge in [0.2, 0.25) is 0 Å². The van der Waals surface area contributed by atoms with Crippen LogP contribution in [-0.4, -0.2) is 53.8 Å². The van der Waals surface area contributed by atoms with Gasteiger partial charge in [0.05, 0.1) is 6.61 Å². The second kappa shape index (κ2) is 6.68. The van der Waals surface area contributed by atoms with Crippen LogP contribution >= 0.6 is 15.9 Å². The van der Waals surface area contributed by atoms with Crippen LogP contribution in [0, 0.1) is 6.92 Å². The predicted octanol–water partition coefficient (Wildman–Crippen LogP) is 2.05. The van der Waals surface area contributed by atoms with Crippen LogP contribution in [0.25, 0.3) is 0 Å². The van der Waals surface area contributed by atoms with Crippen molar-refractivity contribution in [3.63, 3.8) is 0 Å². The van der Waals surface area contributed by atoms with Crippen molar-refractivity contribution in [3.8, 4) is 0 Å². The van der Waals surface area contributed by atoms with E-state index >= 15 is 0 Å². The molecule has 1 unspecified atom stereocenters. The molecular weight excluding hydrogens is 306 g/mol. The van der Waals surface area contributed by atoms with Crippen LogP contribution in [0.3, 0.4) is 0 Å². The van der Waals surface area contributed by atoms with Crippen LogP contribution in [0.4, 0.5) is 5.82 Å². The van der Waals surface area contributed by atoms with Crippen LogP contribution in [0.5, 0.6) is 0 Å². The summed E-state index contributed by atoms with van der Waals surface area (Å²) in [5.41, 5.74) is 1.22. The van der Waals surface area contributed by atoms with Gasteiger partial charge in [-0.1, -0.05) is 6.92 Å². The van der Waals surface area contributed by atoms with E-state index in [1.54, 1.807) is 0 Å². The summed E-state index contributed by atoms with van der Waals surface area (Å²) in [6, 6.07) is 2.44. The van der Waals surface area contributed by atoms with Crippen molar-refractivity contribution in [1.29, 1.82) is 0 Å². The molecule has 0 amide bonds. The van der Waals surface area contributed by atoms with Gasteiger partial charge in [-0.25, -0.2) is 4.98 Å². The highest BCUT2D eigenvalue weighted by Crippen LogP contribution is 2.21. The van der Waals surface area contributed by atoms with E-state index in [1.807, 2.05) is 6.20 Å². The van der Waals surface area contributed by atoms with E-state index < -0.39 is 0 Å². The van der Waals surface area contributed by atoms with Gasteiger partial charge in [0.25, 0.3) is 0 Å². The van der Waals surface area contributed by atoms with Crippen molar-refractivity contribution in [3.05, 3.63) is 22.3 Å². The largest absolute Gasteiger partial charge is 0.395 e. The van der Waals surface area contributed by atoms with E-state index in [0.29, 0.717) is 6.04 Å². The lowest BCUT2D eigenvalue weighted by molar-refractivity contribution is 0.114. The molecule has 1 saturated heterocycles.